The van der Waals surface area contributed by atoms with Crippen molar-refractivity contribution in [1.29, 1.82) is 0 Å². The zero-order chi connectivity index (χ0) is 14.7. The van der Waals surface area contributed by atoms with Gasteiger partial charge in [0.1, 0.15) is 11.5 Å². The Morgan fingerprint density at radius 3 is 1.95 bits per heavy atom. The highest BCUT2D eigenvalue weighted by molar-refractivity contribution is 9.08. The van der Waals surface area contributed by atoms with Gasteiger partial charge in [0.05, 0.1) is 0 Å². The van der Waals surface area contributed by atoms with Crippen LogP contribution in [0.4, 0.5) is 0 Å². The monoisotopic (exact) mass is 356 g/mol. The van der Waals surface area contributed by atoms with Crippen molar-refractivity contribution < 1.29 is 4.42 Å². The predicted octanol–water partition coefficient (Wildman–Crippen LogP) is 6.24. The molecule has 1 aromatic heterocycles. The molecule has 0 amide bonds. The maximum absolute atomic E-state index is 6.03. The summed E-state index contributed by atoms with van der Waals surface area (Å²) in [6.07, 6.45) is 0. The lowest BCUT2D eigenvalue weighted by atomic mass is 10.1. The molecule has 0 bridgehead atoms. The van der Waals surface area contributed by atoms with E-state index in [2.05, 4.69) is 40.2 Å². The summed E-state index contributed by atoms with van der Waals surface area (Å²) in [6, 6.07) is 22.1. The van der Waals surface area contributed by atoms with Gasteiger partial charge < -0.3 is 4.42 Å². The van der Waals surface area contributed by atoms with E-state index in [0.717, 1.165) is 32.5 Å². The summed E-state index contributed by atoms with van der Waals surface area (Å²) in [6.45, 7) is 0. The Morgan fingerprint density at radius 2 is 1.38 bits per heavy atom. The first-order chi connectivity index (χ1) is 10.3. The average Bonchev–Trinajstić information content (AvgIpc) is 2.55. The van der Waals surface area contributed by atoms with E-state index < -0.39 is 0 Å². The molecule has 1 nitrogen and oxygen atoms in total. The molecule has 104 valence electrons. The summed E-state index contributed by atoms with van der Waals surface area (Å²) in [4.78, 5) is 0. The van der Waals surface area contributed by atoms with Crippen LogP contribution in [-0.2, 0) is 5.33 Å². The molecule has 2 aromatic carbocycles. The zero-order valence-corrected chi connectivity index (χ0v) is 13.7. The smallest absolute Gasteiger partial charge is 0.136 e. The third-order valence-electron chi connectivity index (χ3n) is 3.22. The predicted molar refractivity (Wildman–Crippen MR) is 93.0 cm³/mol. The lowest BCUT2D eigenvalue weighted by Gasteiger charge is -2.06. The number of hydrogen-bond donors (Lipinski definition) is 0. The van der Waals surface area contributed by atoms with Crippen molar-refractivity contribution in [2.45, 2.75) is 5.33 Å². The van der Waals surface area contributed by atoms with Crippen molar-refractivity contribution in [2.75, 3.05) is 0 Å². The van der Waals surface area contributed by atoms with Crippen molar-refractivity contribution in [2.24, 2.45) is 0 Å². The Morgan fingerprint density at radius 1 is 0.810 bits per heavy atom. The molecular weight excluding hydrogens is 344 g/mol. The van der Waals surface area contributed by atoms with Gasteiger partial charge in [0.25, 0.3) is 0 Å². The van der Waals surface area contributed by atoms with Gasteiger partial charge in [0, 0.05) is 21.0 Å². The summed E-state index contributed by atoms with van der Waals surface area (Å²) < 4.78 is 6.80. The van der Waals surface area contributed by atoms with Crippen LogP contribution in [0.15, 0.2) is 71.1 Å². The first-order valence-corrected chi connectivity index (χ1v) is 8.15. The zero-order valence-electron chi connectivity index (χ0n) is 11.3. The van der Waals surface area contributed by atoms with E-state index in [0.29, 0.717) is 0 Å². The highest BCUT2D eigenvalue weighted by atomic mass is 79.9. The minimum absolute atomic E-state index is 0.777. The van der Waals surface area contributed by atoms with Crippen LogP contribution in [0, 0.1) is 4.51 Å². The molecule has 0 atom stereocenters. The van der Waals surface area contributed by atoms with Crippen LogP contribution in [0.2, 0.25) is 0 Å². The SMILES string of the molecule is S=c1cc(-c2ccccc2)oc(-c2ccc(CBr)cc2)c1. The minimum atomic E-state index is 0.777. The lowest BCUT2D eigenvalue weighted by Crippen LogP contribution is -1.83. The number of benzene rings is 2. The molecule has 0 aliphatic heterocycles. The van der Waals surface area contributed by atoms with Crippen LogP contribution >= 0.6 is 28.1 Å². The number of alkyl halides is 1. The summed E-state index contributed by atoms with van der Waals surface area (Å²) >= 11 is 8.82. The van der Waals surface area contributed by atoms with Gasteiger partial charge >= 0.3 is 0 Å². The molecule has 0 radical (unpaired) electrons. The van der Waals surface area contributed by atoms with E-state index >= 15 is 0 Å². The van der Waals surface area contributed by atoms with E-state index in [-0.39, 0.29) is 0 Å². The maximum atomic E-state index is 6.03. The fourth-order valence-corrected chi connectivity index (χ4v) is 2.71. The van der Waals surface area contributed by atoms with Crippen LogP contribution in [0.25, 0.3) is 22.6 Å². The highest BCUT2D eigenvalue weighted by Crippen LogP contribution is 2.27. The molecule has 1 heterocycles. The normalized spacial score (nSPS) is 10.5. The standard InChI is InChI=1S/C18H13BrOS/c19-12-13-6-8-15(9-7-13)18-11-16(21)10-17(20-18)14-4-2-1-3-5-14/h1-11H,12H2. The Labute approximate surface area is 137 Å². The number of rotatable bonds is 3. The summed E-state index contributed by atoms with van der Waals surface area (Å²) in [7, 11) is 0. The van der Waals surface area contributed by atoms with Gasteiger partial charge in [-0.2, -0.15) is 0 Å². The molecule has 3 heteroatoms. The van der Waals surface area contributed by atoms with E-state index in [4.69, 9.17) is 16.6 Å². The van der Waals surface area contributed by atoms with Gasteiger partial charge in [-0.25, -0.2) is 0 Å². The van der Waals surface area contributed by atoms with Crippen LogP contribution in [0.3, 0.4) is 0 Å². The third-order valence-corrected chi connectivity index (χ3v) is 4.10. The average molecular weight is 357 g/mol. The Balaban J connectivity index is 2.07. The Bertz CT molecular complexity index is 791. The van der Waals surface area contributed by atoms with Crippen molar-refractivity contribution in [3.63, 3.8) is 0 Å². The van der Waals surface area contributed by atoms with Gasteiger partial charge in [-0.1, -0.05) is 82.7 Å². The molecular formula is C18H13BrOS. The first-order valence-electron chi connectivity index (χ1n) is 6.62. The molecule has 0 fully saturated rings. The van der Waals surface area contributed by atoms with Gasteiger partial charge in [-0.05, 0) is 17.7 Å². The molecule has 0 saturated carbocycles. The van der Waals surface area contributed by atoms with E-state index in [1.165, 1.54) is 5.56 Å². The Hall–Kier alpha value is -1.71. The summed E-state index contributed by atoms with van der Waals surface area (Å²) in [5, 5.41) is 0.848. The molecule has 0 unspecified atom stereocenters. The third kappa shape index (κ3) is 3.31. The lowest BCUT2D eigenvalue weighted by molar-refractivity contribution is 0.581. The Kier molecular flexibility index (Phi) is 4.32. The van der Waals surface area contributed by atoms with Gasteiger partial charge in [-0.3, -0.25) is 0 Å². The van der Waals surface area contributed by atoms with Crippen LogP contribution < -0.4 is 0 Å². The van der Waals surface area contributed by atoms with Crippen molar-refractivity contribution >= 4 is 28.1 Å². The second kappa shape index (κ2) is 6.37. The van der Waals surface area contributed by atoms with Crippen LogP contribution in [-0.4, -0.2) is 0 Å². The van der Waals surface area contributed by atoms with E-state index in [1.807, 2.05) is 42.5 Å². The quantitative estimate of drug-likeness (QED) is 0.407. The van der Waals surface area contributed by atoms with Gasteiger partial charge in [-0.15, -0.1) is 0 Å². The van der Waals surface area contributed by atoms with Gasteiger partial charge in [0.2, 0.25) is 0 Å². The molecule has 0 aliphatic carbocycles. The van der Waals surface area contributed by atoms with Crippen molar-refractivity contribution in [1.82, 2.24) is 0 Å². The van der Waals surface area contributed by atoms with E-state index in [1.54, 1.807) is 0 Å². The second-order valence-corrected chi connectivity index (χ2v) is 5.75. The molecule has 0 saturated heterocycles. The van der Waals surface area contributed by atoms with Gasteiger partial charge in [0.15, 0.2) is 0 Å². The topological polar surface area (TPSA) is 13.1 Å². The van der Waals surface area contributed by atoms with Crippen molar-refractivity contribution in [3.8, 4) is 22.6 Å². The van der Waals surface area contributed by atoms with Crippen LogP contribution in [0.5, 0.6) is 0 Å². The number of halogens is 1. The fourth-order valence-electron chi connectivity index (χ4n) is 2.12. The summed E-state index contributed by atoms with van der Waals surface area (Å²) in [5.74, 6) is 1.59. The molecule has 0 aliphatic rings. The van der Waals surface area contributed by atoms with Crippen LogP contribution in [0.1, 0.15) is 5.56 Å². The largest absolute Gasteiger partial charge is 0.456 e. The molecule has 3 rings (SSSR count). The second-order valence-electron chi connectivity index (χ2n) is 4.72. The fraction of sp³-hybridized carbons (Fsp3) is 0.0556. The molecule has 21 heavy (non-hydrogen) atoms. The summed E-state index contributed by atoms with van der Waals surface area (Å²) in [5.41, 5.74) is 3.29. The molecule has 0 spiro atoms. The van der Waals surface area contributed by atoms with E-state index in [9.17, 15) is 0 Å². The highest BCUT2D eigenvalue weighted by Gasteiger charge is 2.05. The van der Waals surface area contributed by atoms with Crippen molar-refractivity contribution in [3.05, 3.63) is 76.8 Å². The molecule has 3 aromatic rings. The maximum Gasteiger partial charge on any atom is 0.136 e. The molecule has 0 N–H and O–H groups in total. The first kappa shape index (κ1) is 14.2. The minimum Gasteiger partial charge on any atom is -0.456 e. The number of hydrogen-bond acceptors (Lipinski definition) is 2.